The second-order valence-electron chi connectivity index (χ2n) is 4.91. The minimum Gasteiger partial charge on any atom is -0.385 e. The lowest BCUT2D eigenvalue weighted by Crippen LogP contribution is -2.25. The van der Waals surface area contributed by atoms with Gasteiger partial charge in [0.2, 0.25) is 5.91 Å². The molecule has 0 fully saturated rings. The first-order chi connectivity index (χ1) is 10.1. The fourth-order valence-corrected chi connectivity index (χ4v) is 2.00. The van der Waals surface area contributed by atoms with Gasteiger partial charge in [-0.15, -0.1) is 0 Å². The zero-order valence-corrected chi connectivity index (χ0v) is 12.0. The van der Waals surface area contributed by atoms with Crippen LogP contribution in [0.15, 0.2) is 48.5 Å². The summed E-state index contributed by atoms with van der Waals surface area (Å²) in [5.74, 6) is -0.394. The van der Waals surface area contributed by atoms with Crippen molar-refractivity contribution in [3.63, 3.8) is 0 Å². The van der Waals surface area contributed by atoms with E-state index in [9.17, 15) is 9.18 Å². The number of hydrogen-bond acceptors (Lipinski definition) is 2. The van der Waals surface area contributed by atoms with Gasteiger partial charge in [-0.2, -0.15) is 0 Å². The summed E-state index contributed by atoms with van der Waals surface area (Å²) in [6.45, 7) is 2.79. The fraction of sp³-hybridized carbons (Fsp3) is 0.235. The summed E-state index contributed by atoms with van der Waals surface area (Å²) in [7, 11) is 0. The molecule has 0 bridgehead atoms. The number of halogens is 1. The van der Waals surface area contributed by atoms with Crippen molar-refractivity contribution in [2.45, 2.75) is 19.9 Å². The highest BCUT2D eigenvalue weighted by Crippen LogP contribution is 2.09. The predicted octanol–water partition coefficient (Wildman–Crippen LogP) is 3.25. The van der Waals surface area contributed by atoms with E-state index >= 15 is 0 Å². The van der Waals surface area contributed by atoms with Crippen molar-refractivity contribution in [3.8, 4) is 0 Å². The molecule has 0 aliphatic rings. The molecule has 1 amide bonds. The van der Waals surface area contributed by atoms with Crippen LogP contribution in [0.5, 0.6) is 0 Å². The molecule has 2 rings (SSSR count). The van der Waals surface area contributed by atoms with Crippen LogP contribution in [0.1, 0.15) is 17.5 Å². The van der Waals surface area contributed by atoms with E-state index in [1.807, 2.05) is 31.2 Å². The number of aryl methyl sites for hydroxylation is 1. The van der Waals surface area contributed by atoms with Gasteiger partial charge in [0.05, 0.1) is 0 Å². The highest BCUT2D eigenvalue weighted by molar-refractivity contribution is 5.76. The van der Waals surface area contributed by atoms with Gasteiger partial charge < -0.3 is 10.6 Å². The van der Waals surface area contributed by atoms with E-state index in [-0.39, 0.29) is 18.3 Å². The molecule has 0 saturated heterocycles. The van der Waals surface area contributed by atoms with Gasteiger partial charge >= 0.3 is 0 Å². The van der Waals surface area contributed by atoms with Crippen LogP contribution >= 0.6 is 0 Å². The van der Waals surface area contributed by atoms with Crippen LogP contribution in [0.25, 0.3) is 0 Å². The van der Waals surface area contributed by atoms with Crippen molar-refractivity contribution in [3.05, 3.63) is 65.5 Å². The number of anilines is 1. The van der Waals surface area contributed by atoms with Crippen molar-refractivity contribution >= 4 is 11.6 Å². The van der Waals surface area contributed by atoms with E-state index in [1.165, 1.54) is 11.6 Å². The number of rotatable bonds is 6. The smallest absolute Gasteiger partial charge is 0.222 e. The van der Waals surface area contributed by atoms with E-state index in [1.54, 1.807) is 18.2 Å². The number of benzene rings is 2. The Labute approximate surface area is 124 Å². The number of carbonyl (C=O) groups excluding carboxylic acids is 1. The summed E-state index contributed by atoms with van der Waals surface area (Å²) in [5.41, 5.74) is 2.67. The second kappa shape index (κ2) is 7.43. The molecule has 0 aromatic heterocycles. The summed E-state index contributed by atoms with van der Waals surface area (Å²) in [5, 5.41) is 5.91. The summed E-state index contributed by atoms with van der Waals surface area (Å²) in [6.07, 6.45) is 0.350. The molecule has 4 heteroatoms. The molecule has 0 aliphatic heterocycles. The van der Waals surface area contributed by atoms with Gasteiger partial charge in [0.1, 0.15) is 5.82 Å². The maximum atomic E-state index is 13.4. The van der Waals surface area contributed by atoms with E-state index < -0.39 is 0 Å². The molecule has 2 aromatic rings. The molecule has 21 heavy (non-hydrogen) atoms. The first kappa shape index (κ1) is 15.0. The van der Waals surface area contributed by atoms with E-state index in [4.69, 9.17) is 0 Å². The third-order valence-electron chi connectivity index (χ3n) is 3.13. The molecular weight excluding hydrogens is 267 g/mol. The predicted molar refractivity (Wildman–Crippen MR) is 82.5 cm³/mol. The number of hydrogen-bond donors (Lipinski definition) is 2. The van der Waals surface area contributed by atoms with Gasteiger partial charge in [0, 0.05) is 30.8 Å². The Morgan fingerprint density at radius 3 is 2.71 bits per heavy atom. The largest absolute Gasteiger partial charge is 0.385 e. The first-order valence-corrected chi connectivity index (χ1v) is 6.96. The van der Waals surface area contributed by atoms with Crippen LogP contribution < -0.4 is 10.6 Å². The van der Waals surface area contributed by atoms with Gasteiger partial charge in [-0.05, 0) is 30.7 Å². The zero-order valence-electron chi connectivity index (χ0n) is 12.0. The van der Waals surface area contributed by atoms with Gasteiger partial charge in [-0.3, -0.25) is 4.79 Å². The van der Waals surface area contributed by atoms with Crippen molar-refractivity contribution in [2.75, 3.05) is 11.9 Å². The molecule has 0 saturated carbocycles. The Kier molecular flexibility index (Phi) is 5.32. The van der Waals surface area contributed by atoms with Crippen LogP contribution in [0, 0.1) is 12.7 Å². The topological polar surface area (TPSA) is 41.1 Å². The van der Waals surface area contributed by atoms with Crippen molar-refractivity contribution in [1.82, 2.24) is 5.32 Å². The average molecular weight is 286 g/mol. The van der Waals surface area contributed by atoms with Crippen LogP contribution in [0.4, 0.5) is 10.1 Å². The quantitative estimate of drug-likeness (QED) is 0.856. The summed E-state index contributed by atoms with van der Waals surface area (Å²) < 4.78 is 13.4. The minimum atomic E-state index is -0.296. The molecule has 0 heterocycles. The molecule has 110 valence electrons. The normalized spacial score (nSPS) is 10.2. The van der Waals surface area contributed by atoms with E-state index in [0.717, 1.165) is 5.69 Å². The van der Waals surface area contributed by atoms with Crippen LogP contribution in [0.3, 0.4) is 0 Å². The highest BCUT2D eigenvalue weighted by atomic mass is 19.1. The van der Waals surface area contributed by atoms with Gasteiger partial charge in [0.15, 0.2) is 0 Å². The summed E-state index contributed by atoms with van der Waals surface area (Å²) in [4.78, 5) is 11.7. The van der Waals surface area contributed by atoms with Crippen LogP contribution in [-0.4, -0.2) is 12.5 Å². The zero-order chi connectivity index (χ0) is 15.1. The van der Waals surface area contributed by atoms with E-state index in [2.05, 4.69) is 10.6 Å². The van der Waals surface area contributed by atoms with Crippen LogP contribution in [-0.2, 0) is 11.3 Å². The third-order valence-corrected chi connectivity index (χ3v) is 3.13. The molecule has 0 unspecified atom stereocenters. The first-order valence-electron chi connectivity index (χ1n) is 6.96. The molecule has 0 radical (unpaired) electrons. The lowest BCUT2D eigenvalue weighted by atomic mass is 10.2. The molecular formula is C17H19FN2O. The standard InChI is InChI=1S/C17H19FN2O/c1-13-5-4-7-15(11-13)19-10-9-17(21)20-12-14-6-2-3-8-16(14)18/h2-8,11,19H,9-10,12H2,1H3,(H,20,21). The molecule has 2 aromatic carbocycles. The Balaban J connectivity index is 1.72. The molecule has 0 atom stereocenters. The molecule has 3 nitrogen and oxygen atoms in total. The third kappa shape index (κ3) is 4.91. The lowest BCUT2D eigenvalue weighted by molar-refractivity contribution is -0.121. The average Bonchev–Trinajstić information content (AvgIpc) is 2.46. The van der Waals surface area contributed by atoms with E-state index in [0.29, 0.717) is 18.5 Å². The SMILES string of the molecule is Cc1cccc(NCCC(=O)NCc2ccccc2F)c1. The number of amides is 1. The Bertz CT molecular complexity index is 613. The molecule has 2 N–H and O–H groups in total. The summed E-state index contributed by atoms with van der Waals surface area (Å²) >= 11 is 0. The second-order valence-corrected chi connectivity index (χ2v) is 4.91. The van der Waals surface area contributed by atoms with Gasteiger partial charge in [-0.25, -0.2) is 4.39 Å². The Morgan fingerprint density at radius 2 is 1.95 bits per heavy atom. The number of nitrogens with one attached hydrogen (secondary N) is 2. The lowest BCUT2D eigenvalue weighted by Gasteiger charge is -2.08. The minimum absolute atomic E-state index is 0.0987. The maximum Gasteiger partial charge on any atom is 0.222 e. The molecule has 0 spiro atoms. The Morgan fingerprint density at radius 1 is 1.14 bits per heavy atom. The van der Waals surface area contributed by atoms with Crippen molar-refractivity contribution in [2.24, 2.45) is 0 Å². The highest BCUT2D eigenvalue weighted by Gasteiger charge is 2.04. The molecule has 0 aliphatic carbocycles. The van der Waals surface area contributed by atoms with Gasteiger partial charge in [-0.1, -0.05) is 30.3 Å². The Hall–Kier alpha value is -2.36. The van der Waals surface area contributed by atoms with Crippen molar-refractivity contribution < 1.29 is 9.18 Å². The monoisotopic (exact) mass is 286 g/mol. The van der Waals surface area contributed by atoms with Crippen LogP contribution in [0.2, 0.25) is 0 Å². The van der Waals surface area contributed by atoms with Crippen molar-refractivity contribution in [1.29, 1.82) is 0 Å². The van der Waals surface area contributed by atoms with Gasteiger partial charge in [0.25, 0.3) is 0 Å². The number of carbonyl (C=O) groups is 1. The maximum absolute atomic E-state index is 13.4. The summed E-state index contributed by atoms with van der Waals surface area (Å²) in [6, 6.07) is 14.4. The fourth-order valence-electron chi connectivity index (χ4n) is 2.00.